The van der Waals surface area contributed by atoms with E-state index < -0.39 is 5.60 Å². The Balaban J connectivity index is 1.50. The first-order chi connectivity index (χ1) is 16.4. The van der Waals surface area contributed by atoms with Crippen LogP contribution in [0, 0.1) is 0 Å². The number of hydrogen-bond acceptors (Lipinski definition) is 6. The van der Waals surface area contributed by atoms with Gasteiger partial charge in [0.2, 0.25) is 0 Å². The third-order valence-electron chi connectivity index (χ3n) is 6.37. The number of carbonyl (C=O) groups excluding carboxylic acids is 1. The summed E-state index contributed by atoms with van der Waals surface area (Å²) in [6.07, 6.45) is 5.66. The van der Waals surface area contributed by atoms with Gasteiger partial charge in [-0.25, -0.2) is 4.79 Å². The molecule has 2 unspecified atom stereocenters. The van der Waals surface area contributed by atoms with Crippen LogP contribution in [0.3, 0.4) is 0 Å². The van der Waals surface area contributed by atoms with Crippen molar-refractivity contribution in [3.05, 3.63) is 35.9 Å². The van der Waals surface area contributed by atoms with E-state index in [2.05, 4.69) is 12.1 Å². The molecule has 1 saturated heterocycles. The van der Waals surface area contributed by atoms with Crippen LogP contribution in [0.1, 0.15) is 71.8 Å². The maximum absolute atomic E-state index is 12.9. The summed E-state index contributed by atoms with van der Waals surface area (Å²) in [6.45, 7) is 10.2. The molecule has 1 saturated carbocycles. The average molecular weight is 478 g/mol. The highest BCUT2D eigenvalue weighted by molar-refractivity contribution is 5.68. The molecule has 0 spiro atoms. The minimum absolute atomic E-state index is 0.127. The normalized spacial score (nSPS) is 25.8. The Morgan fingerprint density at radius 2 is 1.65 bits per heavy atom. The molecule has 1 amide bonds. The molecule has 7 heteroatoms. The van der Waals surface area contributed by atoms with Crippen molar-refractivity contribution in [3.8, 4) is 0 Å². The maximum atomic E-state index is 12.9. The van der Waals surface area contributed by atoms with Gasteiger partial charge in [0.15, 0.2) is 0 Å². The second-order valence-corrected chi connectivity index (χ2v) is 10.2. The highest BCUT2D eigenvalue weighted by atomic mass is 16.7. The molecule has 34 heavy (non-hydrogen) atoms. The van der Waals surface area contributed by atoms with E-state index in [1.54, 1.807) is 4.90 Å². The fraction of sp³-hybridized carbons (Fsp3) is 0.741. The molecule has 0 radical (unpaired) electrons. The van der Waals surface area contributed by atoms with Crippen LogP contribution in [-0.2, 0) is 30.3 Å². The topological polar surface area (TPSA) is 66.5 Å². The fourth-order valence-electron chi connectivity index (χ4n) is 4.57. The molecular weight excluding hydrogens is 434 g/mol. The molecule has 0 aromatic heterocycles. The highest BCUT2D eigenvalue weighted by Gasteiger charge is 2.38. The van der Waals surface area contributed by atoms with Gasteiger partial charge in [-0.05, 0) is 71.8 Å². The fourth-order valence-corrected chi connectivity index (χ4v) is 4.57. The van der Waals surface area contributed by atoms with Crippen LogP contribution < -0.4 is 0 Å². The van der Waals surface area contributed by atoms with E-state index in [1.165, 1.54) is 5.56 Å². The van der Waals surface area contributed by atoms with Gasteiger partial charge in [-0.15, -0.1) is 0 Å². The lowest BCUT2D eigenvalue weighted by molar-refractivity contribution is -0.140. The molecular formula is C27H43NO6. The standard InChI is InChI=1S/C27H43NO6/c1-5-30-20-33-25-12-9-17-28(26(29)34-27(2,3)4)24(25)19-32-23-15-13-22(14-16-23)31-18-21-10-7-6-8-11-21/h6-8,10-11,22-25H,5,9,12-20H2,1-4H3. The minimum Gasteiger partial charge on any atom is -0.444 e. The van der Waals surface area contributed by atoms with E-state index in [0.717, 1.165) is 38.5 Å². The smallest absolute Gasteiger partial charge is 0.410 e. The van der Waals surface area contributed by atoms with Crippen LogP contribution in [0.25, 0.3) is 0 Å². The van der Waals surface area contributed by atoms with Crippen molar-refractivity contribution >= 4 is 6.09 Å². The van der Waals surface area contributed by atoms with Crippen LogP contribution in [0.4, 0.5) is 4.79 Å². The lowest BCUT2D eigenvalue weighted by Gasteiger charge is -2.42. The molecule has 2 fully saturated rings. The van der Waals surface area contributed by atoms with Gasteiger partial charge in [-0.2, -0.15) is 0 Å². The molecule has 2 atom stereocenters. The second-order valence-electron chi connectivity index (χ2n) is 10.2. The number of carbonyl (C=O) groups is 1. The van der Waals surface area contributed by atoms with Gasteiger partial charge in [0, 0.05) is 13.2 Å². The second kappa shape index (κ2) is 13.4. The quantitative estimate of drug-likeness (QED) is 0.336. The predicted octanol–water partition coefficient (Wildman–Crippen LogP) is 5.31. The molecule has 0 bridgehead atoms. The van der Waals surface area contributed by atoms with Crippen LogP contribution in [0.2, 0.25) is 0 Å². The monoisotopic (exact) mass is 477 g/mol. The summed E-state index contributed by atoms with van der Waals surface area (Å²) in [5.74, 6) is 0. The third kappa shape index (κ3) is 8.84. The average Bonchev–Trinajstić information content (AvgIpc) is 2.82. The summed E-state index contributed by atoms with van der Waals surface area (Å²) >= 11 is 0. The molecule has 2 aliphatic rings. The Bertz CT molecular complexity index is 714. The van der Waals surface area contributed by atoms with Gasteiger partial charge in [0.1, 0.15) is 12.4 Å². The maximum Gasteiger partial charge on any atom is 0.410 e. The number of piperidine rings is 1. The van der Waals surface area contributed by atoms with Crippen molar-refractivity contribution in [2.24, 2.45) is 0 Å². The van der Waals surface area contributed by atoms with Crippen LogP contribution in [-0.4, -0.2) is 67.5 Å². The van der Waals surface area contributed by atoms with Crippen molar-refractivity contribution < 1.29 is 28.5 Å². The van der Waals surface area contributed by atoms with Gasteiger partial charge < -0.3 is 28.6 Å². The van der Waals surface area contributed by atoms with Crippen molar-refractivity contribution in [1.29, 1.82) is 0 Å². The van der Waals surface area contributed by atoms with Crippen molar-refractivity contribution in [2.75, 3.05) is 26.6 Å². The first-order valence-corrected chi connectivity index (χ1v) is 12.8. The Hall–Kier alpha value is -1.67. The van der Waals surface area contributed by atoms with E-state index >= 15 is 0 Å². The number of amides is 1. The minimum atomic E-state index is -0.542. The molecule has 7 nitrogen and oxygen atoms in total. The SMILES string of the molecule is CCOCOC1CCCN(C(=O)OC(C)(C)C)C1COC1CCC(OCc2ccccc2)CC1. The van der Waals surface area contributed by atoms with E-state index in [1.807, 2.05) is 45.9 Å². The number of likely N-dealkylation sites (tertiary alicyclic amines) is 1. The number of ether oxygens (including phenoxy) is 5. The Morgan fingerprint density at radius 3 is 2.29 bits per heavy atom. The van der Waals surface area contributed by atoms with Gasteiger partial charge in [-0.1, -0.05) is 30.3 Å². The number of nitrogens with zero attached hydrogens (tertiary/aromatic N) is 1. The van der Waals surface area contributed by atoms with Crippen LogP contribution in [0.15, 0.2) is 30.3 Å². The van der Waals surface area contributed by atoms with E-state index in [-0.39, 0.29) is 37.2 Å². The summed E-state index contributed by atoms with van der Waals surface area (Å²) in [7, 11) is 0. The molecule has 3 rings (SSSR count). The van der Waals surface area contributed by atoms with Gasteiger partial charge in [0.25, 0.3) is 0 Å². The summed E-state index contributed by atoms with van der Waals surface area (Å²) < 4.78 is 29.6. The molecule has 1 aliphatic carbocycles. The van der Waals surface area contributed by atoms with Crippen LogP contribution in [0.5, 0.6) is 0 Å². The van der Waals surface area contributed by atoms with Crippen molar-refractivity contribution in [2.45, 2.75) is 103 Å². The van der Waals surface area contributed by atoms with Crippen molar-refractivity contribution in [3.63, 3.8) is 0 Å². The molecule has 0 N–H and O–H groups in total. The molecule has 192 valence electrons. The zero-order valence-corrected chi connectivity index (χ0v) is 21.4. The lowest BCUT2D eigenvalue weighted by atomic mass is 9.94. The Morgan fingerprint density at radius 1 is 0.971 bits per heavy atom. The van der Waals surface area contributed by atoms with E-state index in [0.29, 0.717) is 26.4 Å². The van der Waals surface area contributed by atoms with Gasteiger partial charge in [0.05, 0.1) is 37.6 Å². The molecule has 1 aromatic rings. The Labute approximate surface area is 205 Å². The lowest BCUT2D eigenvalue weighted by Crippen LogP contribution is -2.55. The predicted molar refractivity (Wildman–Crippen MR) is 131 cm³/mol. The molecule has 1 aromatic carbocycles. The third-order valence-corrected chi connectivity index (χ3v) is 6.37. The molecule has 1 heterocycles. The zero-order valence-electron chi connectivity index (χ0n) is 21.4. The summed E-state index contributed by atoms with van der Waals surface area (Å²) in [5, 5.41) is 0. The summed E-state index contributed by atoms with van der Waals surface area (Å²) in [5.41, 5.74) is 0.665. The van der Waals surface area contributed by atoms with Gasteiger partial charge in [-0.3, -0.25) is 0 Å². The number of rotatable bonds is 10. The first-order valence-electron chi connectivity index (χ1n) is 12.8. The van der Waals surface area contributed by atoms with Crippen molar-refractivity contribution in [1.82, 2.24) is 4.90 Å². The largest absolute Gasteiger partial charge is 0.444 e. The van der Waals surface area contributed by atoms with E-state index in [4.69, 9.17) is 23.7 Å². The van der Waals surface area contributed by atoms with E-state index in [9.17, 15) is 4.79 Å². The first kappa shape index (κ1) is 26.9. The number of hydrogen-bond donors (Lipinski definition) is 0. The molecule has 1 aliphatic heterocycles. The number of benzene rings is 1. The highest BCUT2D eigenvalue weighted by Crippen LogP contribution is 2.28. The Kier molecular flexibility index (Phi) is 10.6. The van der Waals surface area contributed by atoms with Crippen LogP contribution >= 0.6 is 0 Å². The summed E-state index contributed by atoms with van der Waals surface area (Å²) in [6, 6.07) is 10.1. The summed E-state index contributed by atoms with van der Waals surface area (Å²) in [4.78, 5) is 14.7. The zero-order chi connectivity index (χ0) is 24.4. The van der Waals surface area contributed by atoms with Gasteiger partial charge >= 0.3 is 6.09 Å².